The van der Waals surface area contributed by atoms with Crippen LogP contribution >= 0.6 is 36.2 Å². The summed E-state index contributed by atoms with van der Waals surface area (Å²) in [5.41, 5.74) is 2.29. The normalized spacial score (nSPS) is 14.1. The van der Waals surface area contributed by atoms with Gasteiger partial charge in [0.05, 0.1) is 4.88 Å². The van der Waals surface area contributed by atoms with E-state index in [0.717, 1.165) is 47.3 Å². The highest BCUT2D eigenvalue weighted by molar-refractivity contribution is 7.18. The molecule has 4 rings (SSSR count). The molecule has 27 heavy (non-hydrogen) atoms. The van der Waals surface area contributed by atoms with Crippen molar-refractivity contribution >= 4 is 47.1 Å². The van der Waals surface area contributed by atoms with E-state index < -0.39 is 0 Å². The van der Waals surface area contributed by atoms with Gasteiger partial charge in [-0.25, -0.2) is 14.4 Å². The van der Waals surface area contributed by atoms with Crippen molar-refractivity contribution in [2.75, 3.05) is 18.4 Å². The largest absolute Gasteiger partial charge is 0.317 e. The highest BCUT2D eigenvalue weighted by Gasteiger charge is 2.16. The predicted octanol–water partition coefficient (Wildman–Crippen LogP) is 5.40. The average Bonchev–Trinajstić information content (AvgIpc) is 3.12. The Bertz CT molecular complexity index is 851. The first-order valence-electron chi connectivity index (χ1n) is 8.43. The van der Waals surface area contributed by atoms with Crippen LogP contribution in [0.3, 0.4) is 0 Å². The molecule has 0 unspecified atom stereocenters. The van der Waals surface area contributed by atoms with Crippen molar-refractivity contribution in [2.45, 2.75) is 18.8 Å². The summed E-state index contributed by atoms with van der Waals surface area (Å²) in [5, 5.41) is 7.48. The van der Waals surface area contributed by atoms with E-state index in [1.165, 1.54) is 29.0 Å². The topological polar surface area (TPSA) is 49.8 Å². The third-order valence-electron chi connectivity index (χ3n) is 4.46. The quantitative estimate of drug-likeness (QED) is 0.586. The molecule has 0 atom stereocenters. The molecule has 4 nitrogen and oxygen atoms in total. The second-order valence-electron chi connectivity index (χ2n) is 6.16. The smallest absolute Gasteiger partial charge is 0.188 e. The van der Waals surface area contributed by atoms with Crippen LogP contribution in [0.4, 0.5) is 15.3 Å². The van der Waals surface area contributed by atoms with Crippen LogP contribution in [-0.4, -0.2) is 23.1 Å². The number of halogens is 3. The molecule has 3 heterocycles. The Morgan fingerprint density at radius 2 is 1.78 bits per heavy atom. The van der Waals surface area contributed by atoms with Gasteiger partial charge in [-0.15, -0.1) is 24.8 Å². The number of piperidine rings is 1. The van der Waals surface area contributed by atoms with Crippen molar-refractivity contribution < 1.29 is 4.39 Å². The lowest BCUT2D eigenvalue weighted by Crippen LogP contribution is -2.26. The van der Waals surface area contributed by atoms with Gasteiger partial charge in [-0.1, -0.05) is 23.5 Å². The molecule has 0 aliphatic carbocycles. The van der Waals surface area contributed by atoms with E-state index in [2.05, 4.69) is 32.7 Å². The maximum atomic E-state index is 13.0. The standard InChI is InChI=1S/C19H19FN4S.2ClH/c20-16-3-1-14(2-4-16)17-12-23-19(25-17)24-18-11-15(7-10-22-18)13-5-8-21-9-6-13;;/h1-4,7,10-13,21H,5-6,8-9H2,(H,22,23,24);2*1H. The molecule has 0 bridgehead atoms. The number of benzene rings is 1. The molecule has 144 valence electrons. The van der Waals surface area contributed by atoms with Crippen LogP contribution in [0.5, 0.6) is 0 Å². The Kier molecular flexibility index (Phi) is 7.98. The molecule has 2 aromatic heterocycles. The van der Waals surface area contributed by atoms with Gasteiger partial charge in [0.2, 0.25) is 0 Å². The van der Waals surface area contributed by atoms with Gasteiger partial charge in [0, 0.05) is 12.4 Å². The Hall–Kier alpha value is -1.73. The van der Waals surface area contributed by atoms with Crippen molar-refractivity contribution in [3.63, 3.8) is 0 Å². The van der Waals surface area contributed by atoms with Gasteiger partial charge >= 0.3 is 0 Å². The fourth-order valence-corrected chi connectivity index (χ4v) is 3.94. The van der Waals surface area contributed by atoms with Gasteiger partial charge < -0.3 is 10.6 Å². The van der Waals surface area contributed by atoms with Crippen LogP contribution in [0.25, 0.3) is 10.4 Å². The summed E-state index contributed by atoms with van der Waals surface area (Å²) in [4.78, 5) is 9.83. The average molecular weight is 427 g/mol. The number of rotatable bonds is 4. The van der Waals surface area contributed by atoms with Gasteiger partial charge in [-0.05, 0) is 67.2 Å². The van der Waals surface area contributed by atoms with E-state index in [9.17, 15) is 4.39 Å². The highest BCUT2D eigenvalue weighted by atomic mass is 35.5. The fraction of sp³-hybridized carbons (Fsp3) is 0.263. The van der Waals surface area contributed by atoms with E-state index in [0.29, 0.717) is 5.92 Å². The van der Waals surface area contributed by atoms with Crippen LogP contribution in [0.1, 0.15) is 24.3 Å². The van der Waals surface area contributed by atoms with Crippen LogP contribution < -0.4 is 10.6 Å². The fourth-order valence-electron chi connectivity index (χ4n) is 3.11. The number of thiazole rings is 1. The zero-order valence-corrected chi connectivity index (χ0v) is 17.0. The molecular formula is C19H21Cl2FN4S. The zero-order chi connectivity index (χ0) is 17.1. The third kappa shape index (κ3) is 5.39. The van der Waals surface area contributed by atoms with Gasteiger partial charge in [0.25, 0.3) is 0 Å². The maximum Gasteiger partial charge on any atom is 0.188 e. The monoisotopic (exact) mass is 426 g/mol. The Labute approximate surface area is 174 Å². The lowest BCUT2D eigenvalue weighted by atomic mass is 9.91. The second kappa shape index (κ2) is 9.99. The first-order chi connectivity index (χ1) is 12.3. The van der Waals surface area contributed by atoms with Crippen LogP contribution in [0, 0.1) is 5.82 Å². The van der Waals surface area contributed by atoms with E-state index >= 15 is 0 Å². The first-order valence-corrected chi connectivity index (χ1v) is 9.25. The molecule has 2 N–H and O–H groups in total. The number of aromatic nitrogens is 2. The predicted molar refractivity (Wildman–Crippen MR) is 114 cm³/mol. The minimum atomic E-state index is -0.231. The van der Waals surface area contributed by atoms with Crippen LogP contribution in [0.15, 0.2) is 48.8 Å². The number of nitrogens with one attached hydrogen (secondary N) is 2. The number of hydrogen-bond acceptors (Lipinski definition) is 5. The van der Waals surface area contributed by atoms with Crippen molar-refractivity contribution in [2.24, 2.45) is 0 Å². The molecule has 1 saturated heterocycles. The Balaban J connectivity index is 0.00000131. The van der Waals surface area contributed by atoms with Crippen molar-refractivity contribution in [1.82, 2.24) is 15.3 Å². The number of anilines is 2. The number of pyridine rings is 1. The third-order valence-corrected chi connectivity index (χ3v) is 5.43. The molecular weight excluding hydrogens is 406 g/mol. The summed E-state index contributed by atoms with van der Waals surface area (Å²) in [6.07, 6.45) is 5.98. The van der Waals surface area contributed by atoms with Gasteiger partial charge in [0.15, 0.2) is 5.13 Å². The minimum Gasteiger partial charge on any atom is -0.317 e. The van der Waals surface area contributed by atoms with Crippen molar-refractivity contribution in [1.29, 1.82) is 0 Å². The second-order valence-corrected chi connectivity index (χ2v) is 7.19. The SMILES string of the molecule is Cl.Cl.Fc1ccc(-c2cnc(Nc3cc(C4CCNCC4)ccn3)s2)cc1. The molecule has 0 radical (unpaired) electrons. The summed E-state index contributed by atoms with van der Waals surface area (Å²) >= 11 is 1.53. The van der Waals surface area contributed by atoms with Crippen molar-refractivity contribution in [3.8, 4) is 10.4 Å². The Morgan fingerprint density at radius 1 is 1.04 bits per heavy atom. The lowest BCUT2D eigenvalue weighted by Gasteiger charge is -2.23. The molecule has 0 saturated carbocycles. The first kappa shape index (κ1) is 21.6. The van der Waals surface area contributed by atoms with Crippen LogP contribution in [0.2, 0.25) is 0 Å². The molecule has 0 spiro atoms. The van der Waals surface area contributed by atoms with E-state index in [4.69, 9.17) is 0 Å². The summed E-state index contributed by atoms with van der Waals surface area (Å²) < 4.78 is 13.0. The highest BCUT2D eigenvalue weighted by Crippen LogP contribution is 2.31. The number of nitrogens with zero attached hydrogens (tertiary/aromatic N) is 2. The molecule has 1 aliphatic rings. The molecule has 1 aliphatic heterocycles. The zero-order valence-electron chi connectivity index (χ0n) is 14.5. The van der Waals surface area contributed by atoms with E-state index in [1.807, 2.05) is 6.20 Å². The molecule has 8 heteroatoms. The number of hydrogen-bond donors (Lipinski definition) is 2. The molecule has 0 amide bonds. The molecule has 3 aromatic rings. The summed E-state index contributed by atoms with van der Waals surface area (Å²) in [5.74, 6) is 1.18. The molecule has 1 aromatic carbocycles. The lowest BCUT2D eigenvalue weighted by molar-refractivity contribution is 0.460. The van der Waals surface area contributed by atoms with Gasteiger partial charge in [-0.3, -0.25) is 0 Å². The van der Waals surface area contributed by atoms with Crippen molar-refractivity contribution in [3.05, 3.63) is 60.2 Å². The maximum absolute atomic E-state index is 13.0. The van der Waals surface area contributed by atoms with E-state index in [-0.39, 0.29) is 30.6 Å². The summed E-state index contributed by atoms with van der Waals surface area (Å²) in [6.45, 7) is 2.15. The van der Waals surface area contributed by atoms with Crippen LogP contribution in [-0.2, 0) is 0 Å². The summed E-state index contributed by atoms with van der Waals surface area (Å²) in [7, 11) is 0. The summed E-state index contributed by atoms with van der Waals surface area (Å²) in [6, 6.07) is 10.7. The Morgan fingerprint density at radius 3 is 2.52 bits per heavy atom. The van der Waals surface area contributed by atoms with Gasteiger partial charge in [-0.2, -0.15) is 0 Å². The molecule has 1 fully saturated rings. The van der Waals surface area contributed by atoms with E-state index in [1.54, 1.807) is 18.3 Å². The van der Waals surface area contributed by atoms with Gasteiger partial charge in [0.1, 0.15) is 11.6 Å². The minimum absolute atomic E-state index is 0.